The molecule has 19 heavy (non-hydrogen) atoms. The molecule has 0 heterocycles. The molecule has 1 atom stereocenters. The highest BCUT2D eigenvalue weighted by Gasteiger charge is 2.23. The quantitative estimate of drug-likeness (QED) is 0.889. The van der Waals surface area contributed by atoms with Crippen LogP contribution in [0.2, 0.25) is 5.02 Å². The highest BCUT2D eigenvalue weighted by molar-refractivity contribution is 6.33. The van der Waals surface area contributed by atoms with E-state index in [0.717, 1.165) is 12.0 Å². The average molecular weight is 285 g/mol. The predicted molar refractivity (Wildman–Crippen MR) is 76.1 cm³/mol. The lowest BCUT2D eigenvalue weighted by Crippen LogP contribution is -2.06. The summed E-state index contributed by atoms with van der Waals surface area (Å²) in [5.41, 5.74) is 0.750. The SMILES string of the molecule is COc1ccc(C(O)CC2CCCC2)c(OC)c1Cl. The first-order chi connectivity index (χ1) is 9.17. The summed E-state index contributed by atoms with van der Waals surface area (Å²) in [5.74, 6) is 1.70. The molecule has 0 amide bonds. The molecule has 1 N–H and O–H groups in total. The number of methoxy groups -OCH3 is 2. The van der Waals surface area contributed by atoms with Gasteiger partial charge in [0.25, 0.3) is 0 Å². The smallest absolute Gasteiger partial charge is 0.147 e. The fourth-order valence-electron chi connectivity index (χ4n) is 2.87. The minimum Gasteiger partial charge on any atom is -0.495 e. The predicted octanol–water partition coefficient (Wildman–Crippen LogP) is 3.97. The second kappa shape index (κ2) is 6.49. The Morgan fingerprint density at radius 1 is 1.26 bits per heavy atom. The molecule has 1 aromatic rings. The summed E-state index contributed by atoms with van der Waals surface area (Å²) in [7, 11) is 3.13. The standard InChI is InChI=1S/C15H21ClO3/c1-18-13-8-7-11(15(19-2)14(13)16)12(17)9-10-5-3-4-6-10/h7-8,10,12,17H,3-6,9H2,1-2H3. The third-order valence-corrected chi connectivity index (χ3v) is 4.26. The molecule has 0 aliphatic heterocycles. The number of hydrogen-bond donors (Lipinski definition) is 1. The molecular weight excluding hydrogens is 264 g/mol. The Bertz CT molecular complexity index is 428. The summed E-state index contributed by atoms with van der Waals surface area (Å²) in [6.45, 7) is 0. The van der Waals surface area contributed by atoms with E-state index in [9.17, 15) is 5.11 Å². The van der Waals surface area contributed by atoms with E-state index in [1.54, 1.807) is 20.3 Å². The van der Waals surface area contributed by atoms with Crippen LogP contribution in [0.15, 0.2) is 12.1 Å². The Kier molecular flexibility index (Phi) is 4.94. The number of aliphatic hydroxyl groups is 1. The summed E-state index contributed by atoms with van der Waals surface area (Å²) in [5, 5.41) is 10.8. The molecule has 106 valence electrons. The fourth-order valence-corrected chi connectivity index (χ4v) is 3.20. The monoisotopic (exact) mass is 284 g/mol. The first kappa shape index (κ1) is 14.5. The number of hydrogen-bond acceptors (Lipinski definition) is 3. The largest absolute Gasteiger partial charge is 0.495 e. The second-order valence-corrected chi connectivity index (χ2v) is 5.48. The molecule has 1 aliphatic rings. The van der Waals surface area contributed by atoms with E-state index in [4.69, 9.17) is 21.1 Å². The molecule has 1 aromatic carbocycles. The maximum atomic E-state index is 10.4. The topological polar surface area (TPSA) is 38.7 Å². The van der Waals surface area contributed by atoms with Crippen molar-refractivity contribution in [2.45, 2.75) is 38.2 Å². The van der Waals surface area contributed by atoms with Crippen molar-refractivity contribution in [2.24, 2.45) is 5.92 Å². The lowest BCUT2D eigenvalue weighted by atomic mass is 9.95. The molecule has 0 saturated heterocycles. The van der Waals surface area contributed by atoms with E-state index >= 15 is 0 Å². The highest BCUT2D eigenvalue weighted by atomic mass is 35.5. The van der Waals surface area contributed by atoms with Gasteiger partial charge in [-0.15, -0.1) is 0 Å². The molecule has 0 spiro atoms. The molecule has 1 fully saturated rings. The third-order valence-electron chi connectivity index (χ3n) is 3.91. The molecule has 4 heteroatoms. The summed E-state index contributed by atoms with van der Waals surface area (Å²) in [6.07, 6.45) is 5.22. The molecular formula is C15H21ClO3. The van der Waals surface area contributed by atoms with Crippen molar-refractivity contribution in [1.82, 2.24) is 0 Å². The third kappa shape index (κ3) is 3.15. The molecule has 3 nitrogen and oxygen atoms in total. The Morgan fingerprint density at radius 3 is 2.53 bits per heavy atom. The van der Waals surface area contributed by atoms with Crippen LogP contribution < -0.4 is 9.47 Å². The van der Waals surface area contributed by atoms with Crippen molar-refractivity contribution < 1.29 is 14.6 Å². The van der Waals surface area contributed by atoms with Crippen LogP contribution in [-0.2, 0) is 0 Å². The van der Waals surface area contributed by atoms with Gasteiger partial charge in [-0.05, 0) is 24.5 Å². The molecule has 0 radical (unpaired) electrons. The van der Waals surface area contributed by atoms with E-state index in [0.29, 0.717) is 22.4 Å². The van der Waals surface area contributed by atoms with Gasteiger partial charge in [-0.3, -0.25) is 0 Å². The maximum absolute atomic E-state index is 10.4. The van der Waals surface area contributed by atoms with E-state index in [2.05, 4.69) is 0 Å². The Morgan fingerprint density at radius 2 is 1.95 bits per heavy atom. The molecule has 0 aromatic heterocycles. The van der Waals surface area contributed by atoms with Gasteiger partial charge in [0.2, 0.25) is 0 Å². The number of rotatable bonds is 5. The number of aliphatic hydroxyl groups excluding tert-OH is 1. The van der Waals surface area contributed by atoms with Crippen LogP contribution in [0.25, 0.3) is 0 Å². The van der Waals surface area contributed by atoms with Gasteiger partial charge in [0.1, 0.15) is 16.5 Å². The molecule has 1 saturated carbocycles. The first-order valence-electron chi connectivity index (χ1n) is 6.75. The minimum atomic E-state index is -0.526. The summed E-state index contributed by atoms with van der Waals surface area (Å²) < 4.78 is 10.5. The van der Waals surface area contributed by atoms with Crippen LogP contribution in [0.3, 0.4) is 0 Å². The van der Waals surface area contributed by atoms with Gasteiger partial charge in [0.15, 0.2) is 0 Å². The van der Waals surface area contributed by atoms with E-state index < -0.39 is 6.10 Å². The summed E-state index contributed by atoms with van der Waals surface area (Å²) in [6, 6.07) is 3.61. The van der Waals surface area contributed by atoms with Crippen LogP contribution in [0, 0.1) is 5.92 Å². The van der Waals surface area contributed by atoms with Crippen molar-refractivity contribution in [3.8, 4) is 11.5 Å². The van der Waals surface area contributed by atoms with E-state index in [-0.39, 0.29) is 0 Å². The molecule has 1 unspecified atom stereocenters. The van der Waals surface area contributed by atoms with Gasteiger partial charge in [-0.25, -0.2) is 0 Å². The van der Waals surface area contributed by atoms with Crippen LogP contribution in [0.4, 0.5) is 0 Å². The van der Waals surface area contributed by atoms with Gasteiger partial charge < -0.3 is 14.6 Å². The van der Waals surface area contributed by atoms with Gasteiger partial charge in [-0.1, -0.05) is 37.3 Å². The van der Waals surface area contributed by atoms with Crippen LogP contribution in [0.5, 0.6) is 11.5 Å². The van der Waals surface area contributed by atoms with Crippen molar-refractivity contribution in [3.63, 3.8) is 0 Å². The lowest BCUT2D eigenvalue weighted by Gasteiger charge is -2.19. The Hall–Kier alpha value is -0.930. The molecule has 2 rings (SSSR count). The van der Waals surface area contributed by atoms with Crippen molar-refractivity contribution >= 4 is 11.6 Å². The van der Waals surface area contributed by atoms with Crippen LogP contribution in [-0.4, -0.2) is 19.3 Å². The average Bonchev–Trinajstić information content (AvgIpc) is 2.91. The molecule has 1 aliphatic carbocycles. The number of benzene rings is 1. The minimum absolute atomic E-state index is 0.424. The summed E-state index contributed by atoms with van der Waals surface area (Å²) in [4.78, 5) is 0. The normalized spacial score (nSPS) is 17.5. The van der Waals surface area contributed by atoms with E-state index in [1.165, 1.54) is 25.7 Å². The van der Waals surface area contributed by atoms with Crippen molar-refractivity contribution in [1.29, 1.82) is 0 Å². The van der Waals surface area contributed by atoms with Crippen LogP contribution >= 0.6 is 11.6 Å². The number of ether oxygens (including phenoxy) is 2. The molecule has 0 bridgehead atoms. The Balaban J connectivity index is 2.20. The number of halogens is 1. The Labute approximate surface area is 119 Å². The highest BCUT2D eigenvalue weighted by Crippen LogP contribution is 2.42. The van der Waals surface area contributed by atoms with Gasteiger partial charge in [0, 0.05) is 5.56 Å². The summed E-state index contributed by atoms with van der Waals surface area (Å²) >= 11 is 6.21. The van der Waals surface area contributed by atoms with Crippen molar-refractivity contribution in [3.05, 3.63) is 22.7 Å². The zero-order chi connectivity index (χ0) is 13.8. The first-order valence-corrected chi connectivity index (χ1v) is 7.13. The second-order valence-electron chi connectivity index (χ2n) is 5.11. The zero-order valence-electron chi connectivity index (χ0n) is 11.5. The van der Waals surface area contributed by atoms with Gasteiger partial charge >= 0.3 is 0 Å². The lowest BCUT2D eigenvalue weighted by molar-refractivity contribution is 0.141. The maximum Gasteiger partial charge on any atom is 0.147 e. The van der Waals surface area contributed by atoms with Crippen LogP contribution in [0.1, 0.15) is 43.8 Å². The zero-order valence-corrected chi connectivity index (χ0v) is 12.2. The van der Waals surface area contributed by atoms with Gasteiger partial charge in [-0.2, -0.15) is 0 Å². The van der Waals surface area contributed by atoms with E-state index in [1.807, 2.05) is 6.07 Å². The van der Waals surface area contributed by atoms with Crippen molar-refractivity contribution in [2.75, 3.05) is 14.2 Å². The fraction of sp³-hybridized carbons (Fsp3) is 0.600. The van der Waals surface area contributed by atoms with Gasteiger partial charge in [0.05, 0.1) is 20.3 Å².